The van der Waals surface area contributed by atoms with Gasteiger partial charge in [-0.15, -0.1) is 0 Å². The second kappa shape index (κ2) is 11.8. The Morgan fingerprint density at radius 1 is 0.647 bits per heavy atom. The van der Waals surface area contributed by atoms with E-state index in [1.807, 2.05) is 0 Å². The first-order chi connectivity index (χ1) is 8.30. The lowest BCUT2D eigenvalue weighted by molar-refractivity contribution is -0.0448. The summed E-state index contributed by atoms with van der Waals surface area (Å²) in [7, 11) is 0. The molecule has 0 amide bonds. The minimum Gasteiger partial charge on any atom is -0.395 e. The average Bonchev–Trinajstić information content (AvgIpc) is 2.33. The van der Waals surface area contributed by atoms with Gasteiger partial charge in [0.2, 0.25) is 0 Å². The number of β-amino-alcohol motifs (C(OH)–C–C–N with tert-alkyl or cyclic N) is 3. The fourth-order valence-electron chi connectivity index (χ4n) is 1.83. The van der Waals surface area contributed by atoms with E-state index in [1.54, 1.807) is 0 Å². The van der Waals surface area contributed by atoms with Gasteiger partial charge < -0.3 is 15.3 Å². The summed E-state index contributed by atoms with van der Waals surface area (Å²) in [5.74, 6) is 0. The molecule has 0 aromatic heterocycles. The van der Waals surface area contributed by atoms with Gasteiger partial charge in [-0.25, -0.2) is 0 Å². The van der Waals surface area contributed by atoms with Crippen LogP contribution in [-0.4, -0.2) is 89.5 Å². The normalized spacial score (nSPS) is 18.9. The summed E-state index contributed by atoms with van der Waals surface area (Å²) in [6.07, 6.45) is 0. The van der Waals surface area contributed by atoms with Crippen molar-refractivity contribution < 1.29 is 15.3 Å². The Labute approximate surface area is 118 Å². The van der Waals surface area contributed by atoms with Crippen molar-refractivity contribution in [3.05, 3.63) is 0 Å². The summed E-state index contributed by atoms with van der Waals surface area (Å²) in [4.78, 5) is 6.28. The van der Waals surface area contributed by atoms with E-state index in [4.69, 9.17) is 15.3 Å². The van der Waals surface area contributed by atoms with Gasteiger partial charge in [0.05, 0.1) is 39.8 Å². The summed E-state index contributed by atoms with van der Waals surface area (Å²) < 4.78 is 0. The van der Waals surface area contributed by atoms with Gasteiger partial charge in [-0.05, 0) is 0 Å². The zero-order valence-electron chi connectivity index (χ0n) is 9.80. The van der Waals surface area contributed by atoms with Crippen LogP contribution in [0.2, 0.25) is 0 Å². The molecule has 1 heterocycles. The van der Waals surface area contributed by atoms with E-state index in [-0.39, 0.29) is 19.8 Å². The SMILES string of the molecule is BrBr.OCCN1CN(CCO)CN(CCO)C1. The van der Waals surface area contributed by atoms with E-state index in [1.165, 1.54) is 0 Å². The molecule has 0 unspecified atom stereocenters. The lowest BCUT2D eigenvalue weighted by Gasteiger charge is -2.41. The van der Waals surface area contributed by atoms with Crippen molar-refractivity contribution in [3.8, 4) is 0 Å². The predicted molar refractivity (Wildman–Crippen MR) is 73.8 cm³/mol. The first-order valence-corrected chi connectivity index (χ1v) is 9.15. The molecule has 1 aliphatic rings. The highest BCUT2D eigenvalue weighted by Crippen LogP contribution is 2.05. The standard InChI is InChI=1S/C9H21N3O3.Br2/c13-4-1-10-7-11(2-5-14)9-12(8-10)3-6-15;1-2/h13-15H,1-9H2;. The van der Waals surface area contributed by atoms with Gasteiger partial charge in [0, 0.05) is 47.9 Å². The quantitative estimate of drug-likeness (QED) is 0.576. The molecule has 0 saturated carbocycles. The maximum absolute atomic E-state index is 8.87. The van der Waals surface area contributed by atoms with Crippen LogP contribution in [0, 0.1) is 0 Å². The van der Waals surface area contributed by atoms with Crippen molar-refractivity contribution in [3.63, 3.8) is 0 Å². The molecule has 104 valence electrons. The molecular formula is C9H21Br2N3O3. The third-order valence-electron chi connectivity index (χ3n) is 2.45. The van der Waals surface area contributed by atoms with E-state index >= 15 is 0 Å². The molecular weight excluding hydrogens is 358 g/mol. The van der Waals surface area contributed by atoms with Crippen LogP contribution < -0.4 is 0 Å². The predicted octanol–water partition coefficient (Wildman–Crippen LogP) is -0.553. The van der Waals surface area contributed by atoms with Crippen LogP contribution in [0.25, 0.3) is 0 Å². The summed E-state index contributed by atoms with van der Waals surface area (Å²) in [6.45, 7) is 4.60. The minimum absolute atomic E-state index is 0.139. The first-order valence-electron chi connectivity index (χ1n) is 5.44. The number of nitrogens with zero attached hydrogens (tertiary/aromatic N) is 3. The monoisotopic (exact) mass is 377 g/mol. The molecule has 0 atom stereocenters. The summed E-state index contributed by atoms with van der Waals surface area (Å²) in [5, 5.41) is 26.6. The number of rotatable bonds is 6. The van der Waals surface area contributed by atoms with Crippen molar-refractivity contribution >= 4 is 28.3 Å². The maximum Gasteiger partial charge on any atom is 0.0559 e. The van der Waals surface area contributed by atoms with Crippen molar-refractivity contribution in [2.75, 3.05) is 59.5 Å². The van der Waals surface area contributed by atoms with E-state index < -0.39 is 0 Å². The number of halogens is 2. The third kappa shape index (κ3) is 7.68. The van der Waals surface area contributed by atoms with Crippen LogP contribution in [0.3, 0.4) is 0 Å². The highest BCUT2D eigenvalue weighted by Gasteiger charge is 2.21. The molecule has 1 saturated heterocycles. The van der Waals surface area contributed by atoms with Gasteiger partial charge >= 0.3 is 0 Å². The Hall–Kier alpha value is 0.720. The lowest BCUT2D eigenvalue weighted by atomic mass is 10.4. The van der Waals surface area contributed by atoms with Crippen LogP contribution in [-0.2, 0) is 0 Å². The average molecular weight is 379 g/mol. The van der Waals surface area contributed by atoms with Crippen molar-refractivity contribution in [1.29, 1.82) is 0 Å². The number of aliphatic hydroxyl groups excluding tert-OH is 3. The minimum atomic E-state index is 0.139. The maximum atomic E-state index is 8.87. The fourth-order valence-corrected chi connectivity index (χ4v) is 1.83. The van der Waals surface area contributed by atoms with E-state index in [9.17, 15) is 0 Å². The molecule has 6 nitrogen and oxygen atoms in total. The molecule has 1 fully saturated rings. The Morgan fingerprint density at radius 2 is 0.882 bits per heavy atom. The van der Waals surface area contributed by atoms with Crippen molar-refractivity contribution in [2.45, 2.75) is 0 Å². The van der Waals surface area contributed by atoms with Gasteiger partial charge in [-0.3, -0.25) is 14.7 Å². The van der Waals surface area contributed by atoms with Gasteiger partial charge in [-0.2, -0.15) is 0 Å². The lowest BCUT2D eigenvalue weighted by Crippen LogP contribution is -2.56. The molecule has 3 N–H and O–H groups in total. The second-order valence-electron chi connectivity index (χ2n) is 3.78. The smallest absolute Gasteiger partial charge is 0.0559 e. The largest absolute Gasteiger partial charge is 0.395 e. The number of hydrogen-bond donors (Lipinski definition) is 3. The highest BCUT2D eigenvalue weighted by atomic mass is 80.9. The summed E-state index contributed by atoms with van der Waals surface area (Å²) in [5.41, 5.74) is 0. The molecule has 17 heavy (non-hydrogen) atoms. The Morgan fingerprint density at radius 3 is 1.06 bits per heavy atom. The summed E-state index contributed by atoms with van der Waals surface area (Å²) >= 11 is 5.50. The van der Waals surface area contributed by atoms with E-state index in [0.29, 0.717) is 19.6 Å². The van der Waals surface area contributed by atoms with Gasteiger partial charge in [0.25, 0.3) is 0 Å². The van der Waals surface area contributed by atoms with Crippen LogP contribution in [0.1, 0.15) is 0 Å². The molecule has 0 bridgehead atoms. The van der Waals surface area contributed by atoms with Gasteiger partial charge in [0.1, 0.15) is 0 Å². The number of aliphatic hydroxyl groups is 3. The molecule has 8 heteroatoms. The molecule has 0 aromatic rings. The van der Waals surface area contributed by atoms with Crippen molar-refractivity contribution in [2.24, 2.45) is 0 Å². The fraction of sp³-hybridized carbons (Fsp3) is 1.00. The molecule has 1 aliphatic heterocycles. The Balaban J connectivity index is 0.00000121. The van der Waals surface area contributed by atoms with Crippen molar-refractivity contribution in [1.82, 2.24) is 14.7 Å². The number of hydrogen-bond acceptors (Lipinski definition) is 6. The Bertz CT molecular complexity index is 145. The molecule has 0 aromatic carbocycles. The molecule has 0 radical (unpaired) electrons. The van der Waals surface area contributed by atoms with E-state index in [0.717, 1.165) is 20.0 Å². The van der Waals surface area contributed by atoms with Crippen LogP contribution in [0.15, 0.2) is 0 Å². The highest BCUT2D eigenvalue weighted by molar-refractivity contribution is 9.93. The van der Waals surface area contributed by atoms with Gasteiger partial charge in [0.15, 0.2) is 0 Å². The topological polar surface area (TPSA) is 70.4 Å². The molecule has 1 rings (SSSR count). The van der Waals surface area contributed by atoms with Crippen LogP contribution in [0.4, 0.5) is 0 Å². The van der Waals surface area contributed by atoms with Crippen LogP contribution in [0.5, 0.6) is 0 Å². The molecule has 0 spiro atoms. The second-order valence-corrected chi connectivity index (χ2v) is 3.78. The Kier molecular flexibility index (Phi) is 12.3. The van der Waals surface area contributed by atoms with E-state index in [2.05, 4.69) is 43.0 Å². The van der Waals surface area contributed by atoms with Gasteiger partial charge in [-0.1, -0.05) is 0 Å². The zero-order chi connectivity index (χ0) is 13.1. The molecule has 0 aliphatic carbocycles. The zero-order valence-corrected chi connectivity index (χ0v) is 13.0. The summed E-state index contributed by atoms with van der Waals surface area (Å²) in [6, 6.07) is 0. The third-order valence-corrected chi connectivity index (χ3v) is 2.45. The first kappa shape index (κ1) is 17.7. The van der Waals surface area contributed by atoms with Crippen LogP contribution >= 0.6 is 28.3 Å².